The molecule has 11 heterocycles. The molecule has 11 heteroatoms. The molecule has 0 atom stereocenters. The van der Waals surface area contributed by atoms with Crippen molar-refractivity contribution in [2.45, 2.75) is 0 Å². The Labute approximate surface area is 877 Å². The van der Waals surface area contributed by atoms with Crippen LogP contribution in [0.4, 0.5) is 0 Å². The molecule has 0 aliphatic heterocycles. The lowest BCUT2D eigenvalue weighted by molar-refractivity contribution is 1.16. The highest BCUT2D eigenvalue weighted by molar-refractivity contribution is 7.29. The minimum atomic E-state index is 1.15. The number of hydrogen-bond donors (Lipinski definition) is 0. The van der Waals surface area contributed by atoms with Gasteiger partial charge in [0.1, 0.15) is 0 Å². The fraction of sp³-hybridized carbons (Fsp3) is 0. The van der Waals surface area contributed by atoms with Gasteiger partial charge in [-0.1, -0.05) is 315 Å². The Hall–Kier alpha value is -17.6. The summed E-state index contributed by atoms with van der Waals surface area (Å²) in [6, 6.07) is 181. The maximum Gasteiger partial charge on any atom is 0.0542 e. The number of aromatic nitrogens is 5. The summed E-state index contributed by atoms with van der Waals surface area (Å²) >= 11 is 11.4. The second-order valence-corrected chi connectivity index (χ2v) is 45.4. The highest BCUT2D eigenvalue weighted by Gasteiger charge is 2.27. The largest absolute Gasteiger partial charge is 0.309 e. The summed E-state index contributed by atoms with van der Waals surface area (Å²) in [6.45, 7) is 0. The van der Waals surface area contributed by atoms with Gasteiger partial charge in [0.15, 0.2) is 0 Å². The molecule has 34 aromatic rings. The molecule has 34 rings (SSSR count). The molecule has 0 amide bonds. The minimum absolute atomic E-state index is 1.15. The van der Waals surface area contributed by atoms with Gasteiger partial charge in [-0.3, -0.25) is 0 Å². The highest BCUT2D eigenvalue weighted by Crippen LogP contribution is 2.53. The number of benzene rings is 23. The normalized spacial score (nSPS) is 12.2. The third-order valence-electron chi connectivity index (χ3n) is 31.1. The third kappa shape index (κ3) is 13.0. The van der Waals surface area contributed by atoms with Gasteiger partial charge in [0.05, 0.1) is 55.2 Å². The fourth-order valence-corrected chi connectivity index (χ4v) is 31.7. The monoisotopic (exact) mass is 2000 g/mol. The van der Waals surface area contributed by atoms with Crippen LogP contribution in [0.2, 0.25) is 0 Å². The SMILES string of the molecule is c1ccc(-c2ccc3c(c2)c2ccccc2n3-c2ccc3sc4c(-c5cccc6sc7ccccc7c56)cccc4c3c2)cc1.c1ccc2c(c1)sc1c(-c3cccc4c3sc3ccc(-n5c6ccc(-n7c8ccccc8c8ccccc87)cc6c6cc(-n7c8ccccc8c8ccccc87)ccc65)cc34)cccc12.c1ccc2c(c1)sc1cccc(-c3cccc4c3sc3ccc(-n5c6ccccc6c6ccccc65)cc34)c12. The molecule has 0 spiro atoms. The number of thiophene rings is 6. The Morgan fingerprint density at radius 2 is 0.336 bits per heavy atom. The molecule has 0 aliphatic rings. The number of hydrogen-bond acceptors (Lipinski definition) is 6. The van der Waals surface area contributed by atoms with Gasteiger partial charge in [0.2, 0.25) is 0 Å². The van der Waals surface area contributed by atoms with Crippen molar-refractivity contribution in [1.29, 1.82) is 0 Å². The van der Waals surface area contributed by atoms with E-state index in [0.29, 0.717) is 0 Å². The average Bonchev–Trinajstić information content (AvgIpc) is 1.55. The van der Waals surface area contributed by atoms with Crippen LogP contribution in [0.5, 0.6) is 0 Å². The zero-order valence-corrected chi connectivity index (χ0v) is 84.8. The van der Waals surface area contributed by atoms with Crippen LogP contribution in [0.1, 0.15) is 0 Å². The van der Waals surface area contributed by atoms with E-state index in [1.54, 1.807) is 0 Å². The first-order valence-corrected chi connectivity index (χ1v) is 55.5. The summed E-state index contributed by atoms with van der Waals surface area (Å²) in [6.07, 6.45) is 0. The molecule has 0 bridgehead atoms. The molecule has 0 N–H and O–H groups in total. The van der Waals surface area contributed by atoms with E-state index in [2.05, 4.69) is 514 Å². The summed E-state index contributed by atoms with van der Waals surface area (Å²) in [4.78, 5) is 0. The molecule has 149 heavy (non-hydrogen) atoms. The van der Waals surface area contributed by atoms with Crippen LogP contribution in [0.25, 0.3) is 303 Å². The molecule has 0 fully saturated rings. The van der Waals surface area contributed by atoms with Crippen LogP contribution >= 0.6 is 68.0 Å². The van der Waals surface area contributed by atoms with Crippen LogP contribution in [0, 0.1) is 0 Å². The summed E-state index contributed by atoms with van der Waals surface area (Å²) in [5, 5.41) is 28.6. The predicted octanol–water partition coefficient (Wildman–Crippen LogP) is 41.4. The van der Waals surface area contributed by atoms with Crippen molar-refractivity contribution >= 4 is 298 Å². The lowest BCUT2D eigenvalue weighted by Crippen LogP contribution is -1.96. The molecule has 23 aromatic carbocycles. The van der Waals surface area contributed by atoms with Crippen LogP contribution in [0.15, 0.2) is 491 Å². The van der Waals surface area contributed by atoms with Gasteiger partial charge >= 0.3 is 0 Å². The molecular weight excluding hydrogens is 1920 g/mol. The second kappa shape index (κ2) is 33.5. The van der Waals surface area contributed by atoms with Gasteiger partial charge in [-0.05, 0) is 198 Å². The Balaban J connectivity index is 0.000000103. The van der Waals surface area contributed by atoms with Crippen LogP contribution in [-0.4, -0.2) is 22.8 Å². The van der Waals surface area contributed by atoms with Crippen molar-refractivity contribution in [2.75, 3.05) is 0 Å². The van der Waals surface area contributed by atoms with E-state index in [0.717, 1.165) is 17.1 Å². The summed E-state index contributed by atoms with van der Waals surface area (Å²) in [5.41, 5.74) is 28.4. The van der Waals surface area contributed by atoms with Crippen LogP contribution < -0.4 is 0 Å². The zero-order valence-electron chi connectivity index (χ0n) is 80.0. The standard InChI is InChI=1S/C60H35N3S2.C42H25NS2.C36H21NS2/c1-6-22-51-39(13-1)40-14-2-7-23-52(40)61(51)36-27-30-55-48(33-36)49-34-37(62-53-24-8-3-15-41(53)42-16-4-9-25-54(42)62)28-31-56(49)63(55)38-29-32-58-50(35-38)47-21-12-20-46(60(47)65-58)45-19-11-18-44-43-17-5-10-26-57(43)64-59(44)45;1-2-10-26(11-3-1)27-20-22-37-34(24-27)29-12-4-6-17-36(29)43(37)28-21-23-39-35(25-28)32-16-8-15-31(42(32)45-39)30-14-9-19-40-41(30)33-13-5-7-18-38(33)44-40;1-4-15-30-23(9-1)24-10-2-5-16-31(24)37(30)22-19-20-33-29(21-22)27-14-7-13-26(36(27)39-33)25-12-8-18-34-35(25)28-11-3-6-17-32(28)38-34/h1-35H;1-25H;1-21H. The van der Waals surface area contributed by atoms with Crippen molar-refractivity contribution in [3.63, 3.8) is 0 Å². The Morgan fingerprint density at radius 1 is 0.114 bits per heavy atom. The van der Waals surface area contributed by atoms with Crippen molar-refractivity contribution < 1.29 is 0 Å². The molecule has 0 aliphatic carbocycles. The first-order valence-electron chi connectivity index (χ1n) is 50.6. The van der Waals surface area contributed by atoms with E-state index in [1.807, 2.05) is 68.0 Å². The number of fused-ring (bicyclic) bond motifs is 33. The average molecular weight is 2000 g/mol. The van der Waals surface area contributed by atoms with Crippen LogP contribution in [0.3, 0.4) is 0 Å². The Kier molecular flexibility index (Phi) is 19.0. The summed E-state index contributed by atoms with van der Waals surface area (Å²) in [5.74, 6) is 0. The van der Waals surface area contributed by atoms with Crippen molar-refractivity contribution in [3.05, 3.63) is 491 Å². The number of nitrogens with zero attached hydrogens (tertiary/aromatic N) is 5. The van der Waals surface area contributed by atoms with Crippen molar-refractivity contribution in [2.24, 2.45) is 0 Å². The first kappa shape index (κ1) is 84.7. The molecule has 11 aromatic heterocycles. The number of rotatable bonds is 9. The molecule has 0 unspecified atom stereocenters. The van der Waals surface area contributed by atoms with E-state index < -0.39 is 0 Å². The summed E-state index contributed by atoms with van der Waals surface area (Å²) < 4.78 is 28.2. The van der Waals surface area contributed by atoms with E-state index >= 15 is 0 Å². The molecule has 0 radical (unpaired) electrons. The number of para-hydroxylation sites is 7. The topological polar surface area (TPSA) is 24.6 Å². The third-order valence-corrected chi connectivity index (χ3v) is 38.2. The van der Waals surface area contributed by atoms with E-state index in [9.17, 15) is 0 Å². The molecule has 0 saturated heterocycles. The van der Waals surface area contributed by atoms with Gasteiger partial charge < -0.3 is 22.8 Å². The maximum atomic E-state index is 2.49. The maximum absolute atomic E-state index is 2.49. The van der Waals surface area contributed by atoms with Gasteiger partial charge in [0.25, 0.3) is 0 Å². The zero-order chi connectivity index (χ0) is 97.3. The lowest BCUT2D eigenvalue weighted by atomic mass is 9.98. The van der Waals surface area contributed by atoms with E-state index in [4.69, 9.17) is 0 Å². The Bertz CT molecular complexity index is 11300. The quantitative estimate of drug-likeness (QED) is 0.138. The van der Waals surface area contributed by atoms with Gasteiger partial charge in [-0.25, -0.2) is 0 Å². The second-order valence-electron chi connectivity index (χ2n) is 39.0. The highest BCUT2D eigenvalue weighted by atomic mass is 32.1. The Morgan fingerprint density at radius 3 is 0.685 bits per heavy atom. The first-order chi connectivity index (χ1) is 73.9. The smallest absolute Gasteiger partial charge is 0.0542 e. The van der Waals surface area contributed by atoms with Gasteiger partial charge in [-0.15, -0.1) is 68.0 Å². The van der Waals surface area contributed by atoms with Gasteiger partial charge in [-0.2, -0.15) is 0 Å². The van der Waals surface area contributed by atoms with E-state index in [-0.39, 0.29) is 0 Å². The fourth-order valence-electron chi connectivity index (χ4n) is 24.6. The lowest BCUT2D eigenvalue weighted by Gasteiger charge is -2.11. The van der Waals surface area contributed by atoms with Gasteiger partial charge in [0, 0.05) is 226 Å². The van der Waals surface area contributed by atoms with Crippen molar-refractivity contribution in [1.82, 2.24) is 22.8 Å². The van der Waals surface area contributed by atoms with Crippen molar-refractivity contribution in [3.8, 4) is 72.9 Å². The molecular formula is C138H81N5S6. The molecule has 694 valence electrons. The molecule has 5 nitrogen and oxygen atoms in total. The predicted molar refractivity (Wildman–Crippen MR) is 650 cm³/mol. The van der Waals surface area contributed by atoms with E-state index in [1.165, 1.54) is 286 Å². The summed E-state index contributed by atoms with van der Waals surface area (Å²) in [7, 11) is 0. The molecule has 0 saturated carbocycles. The van der Waals surface area contributed by atoms with Crippen LogP contribution in [-0.2, 0) is 0 Å². The minimum Gasteiger partial charge on any atom is -0.309 e.